The van der Waals surface area contributed by atoms with Gasteiger partial charge in [-0.05, 0) is 31.0 Å². The van der Waals surface area contributed by atoms with Crippen molar-refractivity contribution in [1.82, 2.24) is 10.1 Å². The topological polar surface area (TPSA) is 46.3 Å². The Morgan fingerprint density at radius 3 is 2.45 bits per heavy atom. The average Bonchev–Trinajstić information content (AvgIpc) is 2.85. The second-order valence-electron chi connectivity index (χ2n) is 5.41. The molecule has 4 nitrogen and oxygen atoms in total. The third-order valence-corrected chi connectivity index (χ3v) is 4.57. The van der Waals surface area contributed by atoms with Gasteiger partial charge in [-0.15, -0.1) is 0 Å². The zero-order chi connectivity index (χ0) is 15.5. The van der Waals surface area contributed by atoms with E-state index in [1.807, 2.05) is 4.90 Å². The molecular formula is C16H16Cl2N2O2. The van der Waals surface area contributed by atoms with Crippen LogP contribution in [0.1, 0.15) is 36.2 Å². The largest absolute Gasteiger partial charge is 0.355 e. The van der Waals surface area contributed by atoms with Gasteiger partial charge in [-0.2, -0.15) is 0 Å². The van der Waals surface area contributed by atoms with Crippen LogP contribution in [-0.2, 0) is 0 Å². The molecule has 1 aliphatic rings. The molecule has 1 saturated heterocycles. The molecule has 1 amide bonds. The van der Waals surface area contributed by atoms with Crippen molar-refractivity contribution in [2.24, 2.45) is 0 Å². The smallest absolute Gasteiger partial charge is 0.276 e. The zero-order valence-corrected chi connectivity index (χ0v) is 13.5. The van der Waals surface area contributed by atoms with Gasteiger partial charge >= 0.3 is 0 Å². The number of hydrogen-bond donors (Lipinski definition) is 0. The van der Waals surface area contributed by atoms with Gasteiger partial charge in [0.1, 0.15) is 0 Å². The Kier molecular flexibility index (Phi) is 4.69. The van der Waals surface area contributed by atoms with E-state index in [4.69, 9.17) is 27.7 Å². The molecule has 0 spiro atoms. The number of likely N-dealkylation sites (tertiary alicyclic amines) is 1. The third-order valence-electron chi connectivity index (χ3n) is 3.83. The molecule has 0 bridgehead atoms. The summed E-state index contributed by atoms with van der Waals surface area (Å²) in [5, 5.41) is 4.83. The Morgan fingerprint density at radius 2 is 1.77 bits per heavy atom. The summed E-state index contributed by atoms with van der Waals surface area (Å²) in [6.45, 7) is 1.57. The Balaban J connectivity index is 1.80. The van der Waals surface area contributed by atoms with Crippen LogP contribution in [0.25, 0.3) is 11.3 Å². The number of hydrogen-bond acceptors (Lipinski definition) is 3. The molecule has 2 aromatic rings. The maximum absolute atomic E-state index is 12.5. The second-order valence-corrected chi connectivity index (χ2v) is 6.23. The van der Waals surface area contributed by atoms with E-state index in [9.17, 15) is 4.79 Å². The number of benzene rings is 1. The van der Waals surface area contributed by atoms with Gasteiger partial charge in [-0.3, -0.25) is 4.79 Å². The molecule has 0 unspecified atom stereocenters. The van der Waals surface area contributed by atoms with Gasteiger partial charge in [0.25, 0.3) is 5.91 Å². The maximum Gasteiger partial charge on any atom is 0.276 e. The van der Waals surface area contributed by atoms with Crippen molar-refractivity contribution in [3.8, 4) is 11.3 Å². The molecule has 0 radical (unpaired) electrons. The summed E-state index contributed by atoms with van der Waals surface area (Å²) in [6, 6.07) is 6.84. The maximum atomic E-state index is 12.5. The summed E-state index contributed by atoms with van der Waals surface area (Å²) < 4.78 is 5.29. The number of amides is 1. The van der Waals surface area contributed by atoms with Crippen molar-refractivity contribution in [1.29, 1.82) is 0 Å². The van der Waals surface area contributed by atoms with Crippen molar-refractivity contribution < 1.29 is 9.32 Å². The lowest BCUT2D eigenvalue weighted by molar-refractivity contribution is 0.0751. The van der Waals surface area contributed by atoms with Crippen molar-refractivity contribution >= 4 is 29.1 Å². The first kappa shape index (κ1) is 15.4. The van der Waals surface area contributed by atoms with Gasteiger partial charge in [0, 0.05) is 24.7 Å². The van der Waals surface area contributed by atoms with E-state index in [2.05, 4.69) is 5.16 Å². The Labute approximate surface area is 139 Å². The predicted molar refractivity (Wildman–Crippen MR) is 86.3 cm³/mol. The third kappa shape index (κ3) is 3.28. The highest BCUT2D eigenvalue weighted by atomic mass is 35.5. The average molecular weight is 339 g/mol. The van der Waals surface area contributed by atoms with Gasteiger partial charge in [0.2, 0.25) is 0 Å². The molecule has 2 heterocycles. The van der Waals surface area contributed by atoms with Gasteiger partial charge in [-0.25, -0.2) is 0 Å². The van der Waals surface area contributed by atoms with Crippen LogP contribution in [-0.4, -0.2) is 29.1 Å². The minimum atomic E-state index is -0.0723. The molecule has 0 aliphatic carbocycles. The van der Waals surface area contributed by atoms with Gasteiger partial charge in [0.15, 0.2) is 11.5 Å². The molecular weight excluding hydrogens is 323 g/mol. The molecule has 6 heteroatoms. The molecule has 0 saturated carbocycles. The predicted octanol–water partition coefficient (Wildman–Crippen LogP) is 4.66. The molecule has 0 atom stereocenters. The number of aromatic nitrogens is 1. The van der Waals surface area contributed by atoms with Crippen LogP contribution in [0.2, 0.25) is 10.0 Å². The number of halogens is 2. The first-order valence-electron chi connectivity index (χ1n) is 7.36. The van der Waals surface area contributed by atoms with Crippen LogP contribution in [0.15, 0.2) is 28.8 Å². The van der Waals surface area contributed by atoms with E-state index in [0.29, 0.717) is 21.5 Å². The summed E-state index contributed by atoms with van der Waals surface area (Å²) >= 11 is 11.9. The van der Waals surface area contributed by atoms with E-state index in [0.717, 1.165) is 31.5 Å². The normalized spacial score (nSPS) is 15.6. The quantitative estimate of drug-likeness (QED) is 0.799. The van der Waals surface area contributed by atoms with E-state index in [1.54, 1.807) is 24.3 Å². The lowest BCUT2D eigenvalue weighted by atomic mass is 10.1. The summed E-state index contributed by atoms with van der Waals surface area (Å²) in [5.74, 6) is 0.439. The molecule has 22 heavy (non-hydrogen) atoms. The Bertz CT molecular complexity index is 677. The van der Waals surface area contributed by atoms with Gasteiger partial charge < -0.3 is 9.42 Å². The zero-order valence-electron chi connectivity index (χ0n) is 12.0. The van der Waals surface area contributed by atoms with Crippen molar-refractivity contribution in [2.45, 2.75) is 25.7 Å². The first-order valence-corrected chi connectivity index (χ1v) is 8.12. The van der Waals surface area contributed by atoms with Crippen LogP contribution in [0.5, 0.6) is 0 Å². The van der Waals surface area contributed by atoms with Crippen molar-refractivity contribution in [3.05, 3.63) is 40.0 Å². The van der Waals surface area contributed by atoms with Crippen LogP contribution in [0.3, 0.4) is 0 Å². The van der Waals surface area contributed by atoms with Crippen LogP contribution < -0.4 is 0 Å². The van der Waals surface area contributed by atoms with E-state index in [1.165, 1.54) is 12.8 Å². The highest BCUT2D eigenvalue weighted by Crippen LogP contribution is 2.29. The molecule has 116 valence electrons. The molecule has 1 aromatic heterocycles. The van der Waals surface area contributed by atoms with Crippen LogP contribution >= 0.6 is 23.2 Å². The van der Waals surface area contributed by atoms with Crippen LogP contribution in [0, 0.1) is 0 Å². The van der Waals surface area contributed by atoms with E-state index >= 15 is 0 Å². The summed E-state index contributed by atoms with van der Waals surface area (Å²) in [6.07, 6.45) is 4.45. The molecule has 3 rings (SSSR count). The molecule has 1 aliphatic heterocycles. The fraction of sp³-hybridized carbons (Fsp3) is 0.375. The number of rotatable bonds is 2. The second kappa shape index (κ2) is 6.71. The fourth-order valence-electron chi connectivity index (χ4n) is 2.60. The van der Waals surface area contributed by atoms with Crippen LogP contribution in [0.4, 0.5) is 0 Å². The fourth-order valence-corrected chi connectivity index (χ4v) is 2.90. The number of carbonyl (C=O) groups is 1. The Morgan fingerprint density at radius 1 is 1.05 bits per heavy atom. The minimum absolute atomic E-state index is 0.0723. The summed E-state index contributed by atoms with van der Waals surface area (Å²) in [5.41, 5.74) is 1.08. The van der Waals surface area contributed by atoms with E-state index in [-0.39, 0.29) is 5.91 Å². The van der Waals surface area contributed by atoms with Crippen molar-refractivity contribution in [3.63, 3.8) is 0 Å². The molecule has 1 aromatic carbocycles. The molecule has 1 fully saturated rings. The first-order chi connectivity index (χ1) is 10.6. The van der Waals surface area contributed by atoms with Crippen molar-refractivity contribution in [2.75, 3.05) is 13.1 Å². The van der Waals surface area contributed by atoms with E-state index < -0.39 is 0 Å². The Hall–Kier alpha value is -1.52. The molecule has 0 N–H and O–H groups in total. The highest BCUT2D eigenvalue weighted by Gasteiger charge is 2.21. The summed E-state index contributed by atoms with van der Waals surface area (Å²) in [4.78, 5) is 14.3. The number of nitrogens with zero attached hydrogens (tertiary/aromatic N) is 2. The lowest BCUT2D eigenvalue weighted by Crippen LogP contribution is -2.31. The highest BCUT2D eigenvalue weighted by molar-refractivity contribution is 6.42. The standard InChI is InChI=1S/C16H16Cl2N2O2/c17-12-6-5-11(9-13(12)18)15-10-14(19-22-15)16(21)20-7-3-1-2-4-8-20/h5-6,9-10H,1-4,7-8H2. The lowest BCUT2D eigenvalue weighted by Gasteiger charge is -2.18. The summed E-state index contributed by atoms with van der Waals surface area (Å²) in [7, 11) is 0. The van der Waals surface area contributed by atoms with Gasteiger partial charge in [-0.1, -0.05) is 41.2 Å². The monoisotopic (exact) mass is 338 g/mol. The SMILES string of the molecule is O=C(c1cc(-c2ccc(Cl)c(Cl)c2)on1)N1CCCCCC1. The number of carbonyl (C=O) groups excluding carboxylic acids is 1. The van der Waals surface area contributed by atoms with Gasteiger partial charge in [0.05, 0.1) is 10.0 Å². The minimum Gasteiger partial charge on any atom is -0.355 e.